The monoisotopic (exact) mass is 440 g/mol. The van der Waals surface area contributed by atoms with Crippen molar-refractivity contribution in [2.24, 2.45) is 10.9 Å². The third-order valence-electron chi connectivity index (χ3n) is 4.69. The molecule has 0 amide bonds. The first kappa shape index (κ1) is 22.9. The molecule has 0 saturated carbocycles. The predicted molar refractivity (Wildman–Crippen MR) is 110 cm³/mol. The molecule has 0 aromatic heterocycles. The first-order valence-electron chi connectivity index (χ1n) is 8.91. The van der Waals surface area contributed by atoms with Gasteiger partial charge in [-0.1, -0.05) is 26.7 Å². The first-order valence-corrected chi connectivity index (χ1v) is 8.91. The zero-order valence-electron chi connectivity index (χ0n) is 15.4. The Hall–Kier alpha value is -0.0800. The largest absolute Gasteiger partial charge is 0.385 e. The molecule has 0 aromatic rings. The van der Waals surface area contributed by atoms with Crippen molar-refractivity contribution >= 4 is 29.9 Å². The first-order chi connectivity index (χ1) is 10.7. The molecule has 0 atom stereocenters. The smallest absolute Gasteiger partial charge is 0.191 e. The van der Waals surface area contributed by atoms with E-state index in [0.29, 0.717) is 6.04 Å². The summed E-state index contributed by atoms with van der Waals surface area (Å²) in [7, 11) is 3.64. The van der Waals surface area contributed by atoms with E-state index in [1.54, 1.807) is 7.11 Å². The van der Waals surface area contributed by atoms with E-state index in [1.165, 1.54) is 38.8 Å². The van der Waals surface area contributed by atoms with Crippen LogP contribution < -0.4 is 10.6 Å². The van der Waals surface area contributed by atoms with Crippen molar-refractivity contribution in [2.45, 2.75) is 52.0 Å². The number of likely N-dealkylation sites (tertiary alicyclic amines) is 1. The number of halogens is 1. The van der Waals surface area contributed by atoms with Crippen LogP contribution in [-0.4, -0.2) is 63.8 Å². The number of hydrogen-bond donors (Lipinski definition) is 2. The van der Waals surface area contributed by atoms with Gasteiger partial charge in [-0.2, -0.15) is 0 Å². The van der Waals surface area contributed by atoms with Crippen molar-refractivity contribution in [1.82, 2.24) is 15.5 Å². The van der Waals surface area contributed by atoms with Crippen LogP contribution in [0.5, 0.6) is 0 Å². The highest BCUT2D eigenvalue weighted by atomic mass is 127. The standard InChI is InChI=1S/C17H36N4O.HI/c1-5-15(6-2)14-19-17(18-3)20-16-8-11-21(12-9-16)10-7-13-22-4;/h15-16H,5-14H2,1-4H3,(H2,18,19,20);1H. The fourth-order valence-electron chi connectivity index (χ4n) is 2.94. The molecule has 138 valence electrons. The van der Waals surface area contributed by atoms with E-state index in [9.17, 15) is 0 Å². The topological polar surface area (TPSA) is 48.9 Å². The van der Waals surface area contributed by atoms with Gasteiger partial charge in [-0.3, -0.25) is 4.99 Å². The van der Waals surface area contributed by atoms with Gasteiger partial charge in [0.1, 0.15) is 0 Å². The van der Waals surface area contributed by atoms with Gasteiger partial charge in [0, 0.05) is 53.0 Å². The van der Waals surface area contributed by atoms with Gasteiger partial charge in [0.05, 0.1) is 0 Å². The lowest BCUT2D eigenvalue weighted by molar-refractivity contribution is 0.155. The zero-order valence-corrected chi connectivity index (χ0v) is 17.8. The van der Waals surface area contributed by atoms with E-state index < -0.39 is 0 Å². The second kappa shape index (κ2) is 14.3. The molecule has 0 radical (unpaired) electrons. The zero-order chi connectivity index (χ0) is 16.2. The average Bonchev–Trinajstić information content (AvgIpc) is 2.56. The minimum atomic E-state index is 0. The number of nitrogens with zero attached hydrogens (tertiary/aromatic N) is 2. The molecule has 1 fully saturated rings. The molecule has 5 nitrogen and oxygen atoms in total. The van der Waals surface area contributed by atoms with Gasteiger partial charge in [0.2, 0.25) is 0 Å². The van der Waals surface area contributed by atoms with Crippen molar-refractivity contribution in [2.75, 3.05) is 46.9 Å². The molecular weight excluding hydrogens is 403 g/mol. The summed E-state index contributed by atoms with van der Waals surface area (Å²) in [6.45, 7) is 9.89. The van der Waals surface area contributed by atoms with E-state index in [0.717, 1.165) is 38.0 Å². The Labute approximate surface area is 160 Å². The third-order valence-corrected chi connectivity index (χ3v) is 4.69. The van der Waals surface area contributed by atoms with Crippen LogP contribution in [0.15, 0.2) is 4.99 Å². The Bertz CT molecular complexity index is 303. The van der Waals surface area contributed by atoms with Crippen molar-refractivity contribution < 1.29 is 4.74 Å². The summed E-state index contributed by atoms with van der Waals surface area (Å²) in [5.74, 6) is 1.70. The van der Waals surface area contributed by atoms with Gasteiger partial charge >= 0.3 is 0 Å². The molecule has 1 aliphatic heterocycles. The summed E-state index contributed by atoms with van der Waals surface area (Å²) in [4.78, 5) is 6.91. The lowest BCUT2D eigenvalue weighted by Crippen LogP contribution is -2.49. The number of nitrogens with one attached hydrogen (secondary N) is 2. The average molecular weight is 440 g/mol. The van der Waals surface area contributed by atoms with Gasteiger partial charge in [0.25, 0.3) is 0 Å². The van der Waals surface area contributed by atoms with Gasteiger partial charge in [0.15, 0.2) is 5.96 Å². The second-order valence-electron chi connectivity index (χ2n) is 6.24. The predicted octanol–water partition coefficient (Wildman–Crippen LogP) is 2.71. The Morgan fingerprint density at radius 2 is 1.91 bits per heavy atom. The number of hydrogen-bond acceptors (Lipinski definition) is 3. The van der Waals surface area contributed by atoms with E-state index >= 15 is 0 Å². The van der Waals surface area contributed by atoms with Crippen molar-refractivity contribution in [3.8, 4) is 0 Å². The van der Waals surface area contributed by atoms with E-state index in [4.69, 9.17) is 4.74 Å². The van der Waals surface area contributed by atoms with Crippen LogP contribution in [0.3, 0.4) is 0 Å². The summed E-state index contributed by atoms with van der Waals surface area (Å²) in [5, 5.41) is 7.07. The second-order valence-corrected chi connectivity index (χ2v) is 6.24. The molecule has 2 N–H and O–H groups in total. The SMILES string of the molecule is CCC(CC)CNC(=NC)NC1CCN(CCCOC)CC1.I. The fourth-order valence-corrected chi connectivity index (χ4v) is 2.94. The van der Waals surface area contributed by atoms with Crippen molar-refractivity contribution in [3.05, 3.63) is 0 Å². The molecular formula is C17H37IN4O. The molecule has 23 heavy (non-hydrogen) atoms. The summed E-state index contributed by atoms with van der Waals surface area (Å²) >= 11 is 0. The van der Waals surface area contributed by atoms with Crippen LogP contribution in [0.1, 0.15) is 46.0 Å². The molecule has 1 aliphatic rings. The number of ether oxygens (including phenoxy) is 1. The molecule has 0 unspecified atom stereocenters. The summed E-state index contributed by atoms with van der Waals surface area (Å²) in [6.07, 6.45) is 5.96. The van der Waals surface area contributed by atoms with Crippen LogP contribution in [0.4, 0.5) is 0 Å². The molecule has 1 heterocycles. The van der Waals surface area contributed by atoms with Gasteiger partial charge in [-0.15, -0.1) is 24.0 Å². The highest BCUT2D eigenvalue weighted by Crippen LogP contribution is 2.11. The van der Waals surface area contributed by atoms with Crippen LogP contribution in [-0.2, 0) is 4.74 Å². The minimum Gasteiger partial charge on any atom is -0.385 e. The number of methoxy groups -OCH3 is 1. The van der Waals surface area contributed by atoms with Gasteiger partial charge in [-0.25, -0.2) is 0 Å². The maximum atomic E-state index is 5.12. The quantitative estimate of drug-likeness (QED) is 0.251. The van der Waals surface area contributed by atoms with Crippen molar-refractivity contribution in [1.29, 1.82) is 0 Å². The lowest BCUT2D eigenvalue weighted by Gasteiger charge is -2.33. The maximum Gasteiger partial charge on any atom is 0.191 e. The number of piperidine rings is 1. The van der Waals surface area contributed by atoms with E-state index in [-0.39, 0.29) is 24.0 Å². The number of aliphatic imine (C=N–C) groups is 1. The molecule has 6 heteroatoms. The third kappa shape index (κ3) is 9.72. The Morgan fingerprint density at radius 1 is 1.26 bits per heavy atom. The fraction of sp³-hybridized carbons (Fsp3) is 0.941. The maximum absolute atomic E-state index is 5.12. The molecule has 1 saturated heterocycles. The number of guanidine groups is 1. The van der Waals surface area contributed by atoms with Crippen LogP contribution in [0.25, 0.3) is 0 Å². The Morgan fingerprint density at radius 3 is 2.43 bits per heavy atom. The highest BCUT2D eigenvalue weighted by Gasteiger charge is 2.19. The van der Waals surface area contributed by atoms with Gasteiger partial charge < -0.3 is 20.3 Å². The minimum absolute atomic E-state index is 0. The Balaban J connectivity index is 0.00000484. The highest BCUT2D eigenvalue weighted by molar-refractivity contribution is 14.0. The summed E-state index contributed by atoms with van der Waals surface area (Å²) in [5.41, 5.74) is 0. The van der Waals surface area contributed by atoms with Crippen LogP contribution in [0, 0.1) is 5.92 Å². The van der Waals surface area contributed by atoms with Crippen molar-refractivity contribution in [3.63, 3.8) is 0 Å². The molecule has 0 bridgehead atoms. The van der Waals surface area contributed by atoms with Crippen LogP contribution >= 0.6 is 24.0 Å². The Kier molecular flexibility index (Phi) is 14.2. The summed E-state index contributed by atoms with van der Waals surface area (Å²) < 4.78 is 5.12. The lowest BCUT2D eigenvalue weighted by atomic mass is 10.0. The van der Waals surface area contributed by atoms with Gasteiger partial charge in [-0.05, 0) is 25.2 Å². The van der Waals surface area contributed by atoms with E-state index in [1.807, 2.05) is 7.05 Å². The molecule has 0 spiro atoms. The molecule has 0 aromatic carbocycles. The van der Waals surface area contributed by atoms with Crippen LogP contribution in [0.2, 0.25) is 0 Å². The molecule has 1 rings (SSSR count). The number of rotatable bonds is 9. The summed E-state index contributed by atoms with van der Waals surface area (Å²) in [6, 6.07) is 0.548. The molecule has 0 aliphatic carbocycles. The normalized spacial score (nSPS) is 17.2. The van der Waals surface area contributed by atoms with E-state index in [2.05, 4.69) is 34.4 Å².